The first-order valence-electron chi connectivity index (χ1n) is 5.49. The van der Waals surface area contributed by atoms with Gasteiger partial charge in [-0.05, 0) is 0 Å². The summed E-state index contributed by atoms with van der Waals surface area (Å²) in [6.07, 6.45) is -1.47. The fourth-order valence-electron chi connectivity index (χ4n) is 2.12. The summed E-state index contributed by atoms with van der Waals surface area (Å²) in [6.45, 7) is 0.424. The normalized spacial score (nSPS) is 35.1. The summed E-state index contributed by atoms with van der Waals surface area (Å²) in [5, 5.41) is 0. The topological polar surface area (TPSA) is 55.4 Å². The van der Waals surface area contributed by atoms with Gasteiger partial charge in [-0.3, -0.25) is 0 Å². The van der Waals surface area contributed by atoms with Gasteiger partial charge in [-0.25, -0.2) is 0 Å². The molecule has 0 radical (unpaired) electrons. The van der Waals surface area contributed by atoms with Gasteiger partial charge in [0.05, 0.1) is 6.61 Å². The van der Waals surface area contributed by atoms with Crippen LogP contribution in [0.5, 0.6) is 0 Å². The molecule has 0 aromatic rings. The summed E-state index contributed by atoms with van der Waals surface area (Å²) in [6, 6.07) is 0. The van der Waals surface area contributed by atoms with Gasteiger partial charge < -0.3 is 28.4 Å². The molecule has 0 aliphatic carbocycles. The molecule has 6 nitrogen and oxygen atoms in total. The SMILES string of the molecule is COC[C@@H](OC)[C@H]1O[C@H](OC)[C@H](OC)[C@@H]1OC. The van der Waals surface area contributed by atoms with Gasteiger partial charge in [0.2, 0.25) is 0 Å². The molecule has 1 saturated heterocycles. The second kappa shape index (κ2) is 7.25. The van der Waals surface area contributed by atoms with Gasteiger partial charge >= 0.3 is 0 Å². The molecule has 1 heterocycles. The number of hydrogen-bond donors (Lipinski definition) is 0. The summed E-state index contributed by atoms with van der Waals surface area (Å²) in [5.74, 6) is 0. The van der Waals surface area contributed by atoms with Crippen LogP contribution in [0.3, 0.4) is 0 Å². The van der Waals surface area contributed by atoms with Crippen LogP contribution in [-0.4, -0.2) is 72.9 Å². The minimum atomic E-state index is -0.454. The van der Waals surface area contributed by atoms with E-state index in [1.807, 2.05) is 0 Å². The van der Waals surface area contributed by atoms with E-state index < -0.39 is 6.29 Å². The number of methoxy groups -OCH3 is 5. The largest absolute Gasteiger partial charge is 0.382 e. The third kappa shape index (κ3) is 3.15. The van der Waals surface area contributed by atoms with E-state index in [1.54, 1.807) is 35.5 Å². The van der Waals surface area contributed by atoms with E-state index in [4.69, 9.17) is 28.4 Å². The first-order valence-corrected chi connectivity index (χ1v) is 5.49. The molecule has 1 rings (SSSR count). The molecule has 102 valence electrons. The Morgan fingerprint density at radius 1 is 0.941 bits per heavy atom. The van der Waals surface area contributed by atoms with Crippen molar-refractivity contribution in [2.75, 3.05) is 42.2 Å². The average Bonchev–Trinajstić information content (AvgIpc) is 2.73. The van der Waals surface area contributed by atoms with E-state index in [1.165, 1.54) is 0 Å². The smallest absolute Gasteiger partial charge is 0.186 e. The van der Waals surface area contributed by atoms with Crippen LogP contribution < -0.4 is 0 Å². The number of rotatable bonds is 7. The molecular weight excluding hydrogens is 228 g/mol. The molecular formula is C11H22O6. The maximum absolute atomic E-state index is 5.75. The quantitative estimate of drug-likeness (QED) is 0.636. The Hall–Kier alpha value is -0.240. The lowest BCUT2D eigenvalue weighted by molar-refractivity contribution is -0.175. The zero-order valence-corrected chi connectivity index (χ0v) is 11.0. The molecule has 1 aliphatic rings. The highest BCUT2D eigenvalue weighted by Crippen LogP contribution is 2.29. The zero-order chi connectivity index (χ0) is 12.8. The Balaban J connectivity index is 2.76. The molecule has 0 N–H and O–H groups in total. The van der Waals surface area contributed by atoms with Crippen LogP contribution in [-0.2, 0) is 28.4 Å². The summed E-state index contributed by atoms with van der Waals surface area (Å²) in [5.41, 5.74) is 0. The molecule has 0 saturated carbocycles. The second-order valence-corrected chi connectivity index (χ2v) is 3.83. The van der Waals surface area contributed by atoms with Gasteiger partial charge in [0.1, 0.15) is 24.4 Å². The molecule has 0 aromatic heterocycles. The van der Waals surface area contributed by atoms with Crippen molar-refractivity contribution < 1.29 is 28.4 Å². The second-order valence-electron chi connectivity index (χ2n) is 3.83. The van der Waals surface area contributed by atoms with Crippen LogP contribution in [0.4, 0.5) is 0 Å². The Morgan fingerprint density at radius 2 is 1.59 bits per heavy atom. The Labute approximate surface area is 102 Å². The highest BCUT2D eigenvalue weighted by atomic mass is 16.7. The first kappa shape index (κ1) is 14.8. The lowest BCUT2D eigenvalue weighted by Gasteiger charge is -2.26. The lowest BCUT2D eigenvalue weighted by Crippen LogP contribution is -2.43. The van der Waals surface area contributed by atoms with E-state index >= 15 is 0 Å². The minimum absolute atomic E-state index is 0.220. The highest BCUT2D eigenvalue weighted by Gasteiger charge is 2.49. The molecule has 1 aliphatic heterocycles. The van der Waals surface area contributed by atoms with Gasteiger partial charge in [-0.15, -0.1) is 0 Å². The third-order valence-electron chi connectivity index (χ3n) is 2.98. The predicted molar refractivity (Wildman–Crippen MR) is 59.9 cm³/mol. The summed E-state index contributed by atoms with van der Waals surface area (Å²) in [7, 11) is 8.02. The van der Waals surface area contributed by atoms with Crippen molar-refractivity contribution in [1.29, 1.82) is 0 Å². The van der Waals surface area contributed by atoms with Crippen LogP contribution >= 0.6 is 0 Å². The molecule has 0 spiro atoms. The van der Waals surface area contributed by atoms with Gasteiger partial charge in [-0.2, -0.15) is 0 Å². The molecule has 0 bridgehead atoms. The number of ether oxygens (including phenoxy) is 6. The molecule has 17 heavy (non-hydrogen) atoms. The van der Waals surface area contributed by atoms with Crippen LogP contribution in [0.25, 0.3) is 0 Å². The molecule has 1 fully saturated rings. The van der Waals surface area contributed by atoms with Crippen molar-refractivity contribution in [1.82, 2.24) is 0 Å². The summed E-state index contributed by atoms with van der Waals surface area (Å²) in [4.78, 5) is 0. The Kier molecular flexibility index (Phi) is 6.32. The zero-order valence-electron chi connectivity index (χ0n) is 11.0. The summed E-state index contributed by atoms with van der Waals surface area (Å²) >= 11 is 0. The Bertz CT molecular complexity index is 212. The average molecular weight is 250 g/mol. The van der Waals surface area contributed by atoms with Gasteiger partial charge in [-0.1, -0.05) is 0 Å². The van der Waals surface area contributed by atoms with Crippen molar-refractivity contribution in [2.45, 2.75) is 30.7 Å². The maximum Gasteiger partial charge on any atom is 0.186 e. The standard InChI is InChI=1S/C11H22O6/c1-12-6-7(13-2)8-9(14-3)10(15-4)11(16-5)17-8/h7-11H,6H2,1-5H3/t7-,8-,9-,10-,11+/m1/s1. The van der Waals surface area contributed by atoms with Crippen LogP contribution in [0.2, 0.25) is 0 Å². The maximum atomic E-state index is 5.75. The lowest BCUT2D eigenvalue weighted by atomic mass is 10.1. The fourth-order valence-corrected chi connectivity index (χ4v) is 2.12. The Morgan fingerprint density at radius 3 is 2.00 bits per heavy atom. The molecule has 6 heteroatoms. The first-order chi connectivity index (χ1) is 8.23. The van der Waals surface area contributed by atoms with Crippen molar-refractivity contribution in [3.63, 3.8) is 0 Å². The van der Waals surface area contributed by atoms with E-state index in [9.17, 15) is 0 Å². The van der Waals surface area contributed by atoms with Gasteiger partial charge in [0.15, 0.2) is 6.29 Å². The molecule has 5 atom stereocenters. The fraction of sp³-hybridized carbons (Fsp3) is 1.00. The van der Waals surface area contributed by atoms with Crippen LogP contribution in [0.1, 0.15) is 0 Å². The van der Waals surface area contributed by atoms with Crippen molar-refractivity contribution in [2.24, 2.45) is 0 Å². The minimum Gasteiger partial charge on any atom is -0.382 e. The van der Waals surface area contributed by atoms with Gasteiger partial charge in [0.25, 0.3) is 0 Å². The van der Waals surface area contributed by atoms with Crippen LogP contribution in [0.15, 0.2) is 0 Å². The third-order valence-corrected chi connectivity index (χ3v) is 2.98. The predicted octanol–water partition coefficient (Wildman–Crippen LogP) is 0.0491. The van der Waals surface area contributed by atoms with Crippen molar-refractivity contribution in [3.8, 4) is 0 Å². The van der Waals surface area contributed by atoms with Gasteiger partial charge in [0, 0.05) is 35.5 Å². The van der Waals surface area contributed by atoms with E-state index in [-0.39, 0.29) is 24.4 Å². The van der Waals surface area contributed by atoms with Crippen LogP contribution in [0, 0.1) is 0 Å². The van der Waals surface area contributed by atoms with Crippen molar-refractivity contribution in [3.05, 3.63) is 0 Å². The van der Waals surface area contributed by atoms with E-state index in [0.717, 1.165) is 0 Å². The highest BCUT2D eigenvalue weighted by molar-refractivity contribution is 4.93. The van der Waals surface area contributed by atoms with E-state index in [0.29, 0.717) is 6.61 Å². The number of hydrogen-bond acceptors (Lipinski definition) is 6. The summed E-state index contributed by atoms with van der Waals surface area (Å²) < 4.78 is 32.2. The molecule has 0 amide bonds. The molecule has 0 unspecified atom stereocenters. The monoisotopic (exact) mass is 250 g/mol. The molecule has 0 aromatic carbocycles. The van der Waals surface area contributed by atoms with E-state index in [2.05, 4.69) is 0 Å². The van der Waals surface area contributed by atoms with Crippen molar-refractivity contribution >= 4 is 0 Å².